The molecule has 0 saturated carbocycles. The number of aliphatic carboxylic acids is 1. The first kappa shape index (κ1) is 16.7. The van der Waals surface area contributed by atoms with Crippen LogP contribution in [0, 0.1) is 5.92 Å². The highest BCUT2D eigenvalue weighted by molar-refractivity contribution is 5.82. The lowest BCUT2D eigenvalue weighted by atomic mass is 10.1. The number of amides is 2. The maximum atomic E-state index is 12.0. The number of carbonyl (C=O) groups excluding carboxylic acids is 1. The van der Waals surface area contributed by atoms with E-state index in [9.17, 15) is 9.59 Å². The minimum Gasteiger partial charge on any atom is -0.480 e. The molecule has 0 aliphatic heterocycles. The normalized spacial score (nSPS) is 12.6. The molecule has 6 nitrogen and oxygen atoms in total. The predicted molar refractivity (Wildman–Crippen MR) is 68.5 cm³/mol. The molecule has 0 unspecified atom stereocenters. The van der Waals surface area contributed by atoms with Crippen molar-refractivity contribution in [1.82, 2.24) is 10.2 Å². The monoisotopic (exact) mass is 260 g/mol. The molecule has 0 aliphatic rings. The van der Waals surface area contributed by atoms with Crippen LogP contribution in [0.1, 0.15) is 27.7 Å². The van der Waals surface area contributed by atoms with Crippen molar-refractivity contribution in [3.8, 4) is 0 Å². The molecule has 1 atom stereocenters. The first-order valence-electron chi connectivity index (χ1n) is 6.10. The van der Waals surface area contributed by atoms with Gasteiger partial charge in [0.1, 0.15) is 6.04 Å². The second-order valence-corrected chi connectivity index (χ2v) is 4.79. The van der Waals surface area contributed by atoms with Gasteiger partial charge in [0, 0.05) is 19.7 Å². The van der Waals surface area contributed by atoms with Crippen LogP contribution in [0.25, 0.3) is 0 Å². The number of nitrogens with zero attached hydrogens (tertiary/aromatic N) is 1. The van der Waals surface area contributed by atoms with Crippen LogP contribution >= 0.6 is 0 Å². The summed E-state index contributed by atoms with van der Waals surface area (Å²) in [5.74, 6) is -1.18. The summed E-state index contributed by atoms with van der Waals surface area (Å²) in [6, 6.07) is -1.26. The van der Waals surface area contributed by atoms with E-state index in [0.29, 0.717) is 13.2 Å². The van der Waals surface area contributed by atoms with E-state index in [-0.39, 0.29) is 18.0 Å². The van der Waals surface area contributed by atoms with Gasteiger partial charge in [-0.05, 0) is 19.8 Å². The molecule has 0 rings (SSSR count). The van der Waals surface area contributed by atoms with Crippen LogP contribution in [0.5, 0.6) is 0 Å². The molecule has 2 amide bonds. The van der Waals surface area contributed by atoms with Gasteiger partial charge in [0.15, 0.2) is 0 Å². The fourth-order valence-electron chi connectivity index (χ4n) is 1.51. The molecule has 0 heterocycles. The van der Waals surface area contributed by atoms with Gasteiger partial charge in [0.05, 0.1) is 6.61 Å². The number of carboxylic acid groups (broad SMARTS) is 1. The average Bonchev–Trinajstić information content (AvgIpc) is 2.24. The summed E-state index contributed by atoms with van der Waals surface area (Å²) in [4.78, 5) is 24.6. The Morgan fingerprint density at radius 2 is 1.83 bits per heavy atom. The van der Waals surface area contributed by atoms with Crippen LogP contribution in [0.4, 0.5) is 4.79 Å². The molecule has 0 aromatic rings. The van der Waals surface area contributed by atoms with E-state index in [0.717, 1.165) is 0 Å². The van der Waals surface area contributed by atoms with E-state index in [1.807, 2.05) is 13.8 Å². The fourth-order valence-corrected chi connectivity index (χ4v) is 1.51. The fraction of sp³-hybridized carbons (Fsp3) is 0.833. The van der Waals surface area contributed by atoms with Crippen LogP contribution in [0.3, 0.4) is 0 Å². The van der Waals surface area contributed by atoms with Crippen LogP contribution in [0.15, 0.2) is 0 Å². The third-order valence-electron chi connectivity index (χ3n) is 2.63. The minimum atomic E-state index is -1.02. The smallest absolute Gasteiger partial charge is 0.326 e. The number of rotatable bonds is 7. The second-order valence-electron chi connectivity index (χ2n) is 4.79. The topological polar surface area (TPSA) is 78.9 Å². The number of hydrogen-bond donors (Lipinski definition) is 2. The number of hydrogen-bond acceptors (Lipinski definition) is 3. The van der Waals surface area contributed by atoms with Gasteiger partial charge in [-0.3, -0.25) is 0 Å². The lowest BCUT2D eigenvalue weighted by Crippen LogP contribution is -2.52. The number of nitrogens with one attached hydrogen (secondary N) is 1. The molecule has 0 bridgehead atoms. The van der Waals surface area contributed by atoms with E-state index in [1.54, 1.807) is 25.9 Å². The number of ether oxygens (including phenoxy) is 1. The lowest BCUT2D eigenvalue weighted by Gasteiger charge is -2.29. The quantitative estimate of drug-likeness (QED) is 0.720. The summed E-state index contributed by atoms with van der Waals surface area (Å²) in [6.45, 7) is 8.12. The van der Waals surface area contributed by atoms with Crippen molar-refractivity contribution in [2.24, 2.45) is 5.92 Å². The van der Waals surface area contributed by atoms with Gasteiger partial charge in [-0.2, -0.15) is 0 Å². The molecule has 0 aliphatic carbocycles. The van der Waals surface area contributed by atoms with Crippen molar-refractivity contribution >= 4 is 12.0 Å². The third-order valence-corrected chi connectivity index (χ3v) is 2.63. The standard InChI is InChI=1S/C12H24N2O4/c1-8(2)10(11(15)16)13-12(17)14(9(3)4)6-7-18-5/h8-10H,6-7H2,1-5H3,(H,13,17)(H,15,16)/t10-/m1/s1. The van der Waals surface area contributed by atoms with Crippen LogP contribution in [-0.2, 0) is 9.53 Å². The zero-order valence-corrected chi connectivity index (χ0v) is 11.8. The highest BCUT2D eigenvalue weighted by Gasteiger charge is 2.26. The van der Waals surface area contributed by atoms with Gasteiger partial charge in [0.2, 0.25) is 0 Å². The zero-order valence-electron chi connectivity index (χ0n) is 11.8. The Balaban J connectivity index is 4.62. The van der Waals surface area contributed by atoms with Crippen molar-refractivity contribution in [1.29, 1.82) is 0 Å². The molecule has 2 N–H and O–H groups in total. The predicted octanol–water partition coefficient (Wildman–Crippen LogP) is 1.16. The maximum Gasteiger partial charge on any atom is 0.326 e. The van der Waals surface area contributed by atoms with Gasteiger partial charge in [-0.15, -0.1) is 0 Å². The first-order chi connectivity index (χ1) is 8.31. The van der Waals surface area contributed by atoms with Crippen LogP contribution in [0.2, 0.25) is 0 Å². The molecule has 0 fully saturated rings. The molecule has 0 aromatic carbocycles. The largest absolute Gasteiger partial charge is 0.480 e. The summed E-state index contributed by atoms with van der Waals surface area (Å²) >= 11 is 0. The first-order valence-corrected chi connectivity index (χ1v) is 6.10. The van der Waals surface area contributed by atoms with Crippen molar-refractivity contribution < 1.29 is 19.4 Å². The third kappa shape index (κ3) is 5.35. The minimum absolute atomic E-state index is 0.0123. The van der Waals surface area contributed by atoms with Gasteiger partial charge in [-0.1, -0.05) is 13.8 Å². The van der Waals surface area contributed by atoms with E-state index < -0.39 is 12.0 Å². The number of carboxylic acids is 1. The molecule has 106 valence electrons. The van der Waals surface area contributed by atoms with Crippen molar-refractivity contribution in [3.05, 3.63) is 0 Å². The number of methoxy groups -OCH3 is 1. The van der Waals surface area contributed by atoms with E-state index in [2.05, 4.69) is 5.32 Å². The highest BCUT2D eigenvalue weighted by atomic mass is 16.5. The highest BCUT2D eigenvalue weighted by Crippen LogP contribution is 2.05. The lowest BCUT2D eigenvalue weighted by molar-refractivity contribution is -0.140. The number of carbonyl (C=O) groups is 2. The van der Waals surface area contributed by atoms with Crippen LogP contribution in [-0.4, -0.2) is 54.4 Å². The Kier molecular flexibility index (Phi) is 7.35. The summed E-state index contributed by atoms with van der Waals surface area (Å²) < 4.78 is 4.93. The molecular formula is C12H24N2O4. The Morgan fingerprint density at radius 3 is 2.17 bits per heavy atom. The number of urea groups is 1. The van der Waals surface area contributed by atoms with E-state index in [1.165, 1.54) is 0 Å². The Labute approximate surface area is 108 Å². The Bertz CT molecular complexity index is 279. The SMILES string of the molecule is COCCN(C(=O)N[C@@H](C(=O)O)C(C)C)C(C)C. The Hall–Kier alpha value is -1.30. The molecule has 0 radical (unpaired) electrons. The molecule has 0 saturated heterocycles. The second kappa shape index (κ2) is 7.92. The van der Waals surface area contributed by atoms with Gasteiger partial charge >= 0.3 is 12.0 Å². The summed E-state index contributed by atoms with van der Waals surface area (Å²) in [5.41, 5.74) is 0. The van der Waals surface area contributed by atoms with Gasteiger partial charge in [0.25, 0.3) is 0 Å². The zero-order chi connectivity index (χ0) is 14.3. The van der Waals surface area contributed by atoms with E-state index in [4.69, 9.17) is 9.84 Å². The van der Waals surface area contributed by atoms with E-state index >= 15 is 0 Å². The van der Waals surface area contributed by atoms with Gasteiger partial charge in [-0.25, -0.2) is 9.59 Å². The average molecular weight is 260 g/mol. The van der Waals surface area contributed by atoms with Crippen molar-refractivity contribution in [2.45, 2.75) is 39.8 Å². The van der Waals surface area contributed by atoms with Crippen molar-refractivity contribution in [2.75, 3.05) is 20.3 Å². The van der Waals surface area contributed by atoms with Crippen molar-refractivity contribution in [3.63, 3.8) is 0 Å². The molecule has 6 heteroatoms. The maximum absolute atomic E-state index is 12.0. The summed E-state index contributed by atoms with van der Waals surface area (Å²) in [5, 5.41) is 11.6. The molecule has 18 heavy (non-hydrogen) atoms. The van der Waals surface area contributed by atoms with Crippen LogP contribution < -0.4 is 5.32 Å². The summed E-state index contributed by atoms with van der Waals surface area (Å²) in [6.07, 6.45) is 0. The molecule has 0 spiro atoms. The Morgan fingerprint density at radius 1 is 1.28 bits per heavy atom. The summed E-state index contributed by atoms with van der Waals surface area (Å²) in [7, 11) is 1.56. The van der Waals surface area contributed by atoms with Gasteiger partial charge < -0.3 is 20.1 Å². The molecule has 0 aromatic heterocycles. The molecular weight excluding hydrogens is 236 g/mol.